The Morgan fingerprint density at radius 2 is 1.80 bits per heavy atom. The van der Waals surface area contributed by atoms with E-state index in [0.717, 1.165) is 22.4 Å². The Hall–Kier alpha value is -4.53. The van der Waals surface area contributed by atoms with Gasteiger partial charge < -0.3 is 10.1 Å². The summed E-state index contributed by atoms with van der Waals surface area (Å²) >= 11 is 0. The molecular formula is C26H23N7O2. The molecule has 1 N–H and O–H groups in total. The van der Waals surface area contributed by atoms with Crippen molar-refractivity contribution in [3.63, 3.8) is 0 Å². The number of hydrogen-bond donors (Lipinski definition) is 1. The average Bonchev–Trinajstić information content (AvgIpc) is 3.47. The number of aromatic nitrogens is 6. The molecule has 0 bridgehead atoms. The normalized spacial score (nSPS) is 15.1. The lowest BCUT2D eigenvalue weighted by Gasteiger charge is -2.23. The molecule has 5 aromatic rings. The van der Waals surface area contributed by atoms with Crippen molar-refractivity contribution in [3.05, 3.63) is 94.9 Å². The minimum atomic E-state index is -0.112. The maximum atomic E-state index is 12.6. The molecule has 0 fully saturated rings. The molecule has 1 amide bonds. The van der Waals surface area contributed by atoms with Gasteiger partial charge in [-0.15, -0.1) is 15.3 Å². The first-order chi connectivity index (χ1) is 17.0. The van der Waals surface area contributed by atoms with Crippen LogP contribution in [0.2, 0.25) is 0 Å². The van der Waals surface area contributed by atoms with Crippen LogP contribution in [0.4, 0.5) is 5.82 Å². The fraction of sp³-hybridized carbons (Fsp3) is 0.192. The van der Waals surface area contributed by atoms with Crippen molar-refractivity contribution in [2.45, 2.75) is 32.8 Å². The number of ether oxygens (including phenoxy) is 1. The number of aryl methyl sites for hydroxylation is 2. The summed E-state index contributed by atoms with van der Waals surface area (Å²) in [5.41, 5.74) is 4.97. The predicted octanol–water partition coefficient (Wildman–Crippen LogP) is 3.98. The van der Waals surface area contributed by atoms with Gasteiger partial charge >= 0.3 is 0 Å². The van der Waals surface area contributed by atoms with Crippen molar-refractivity contribution in [2.75, 3.05) is 5.32 Å². The molecule has 1 unspecified atom stereocenters. The Kier molecular flexibility index (Phi) is 5.02. The Labute approximate surface area is 201 Å². The van der Waals surface area contributed by atoms with Gasteiger partial charge in [0.05, 0.1) is 6.20 Å². The molecule has 174 valence electrons. The standard InChI is InChI=1S/C26H23N7O2/c1-16-3-5-18(6-4-16)15-35-20-9-7-19(8-10-20)21-13-25(34)28-26-22(21)14-27-33(26)24-12-11-23-30-29-17(2)32(23)31-24/h3-12,14,21H,13,15H2,1-2H3,(H,28,34). The molecule has 0 saturated carbocycles. The highest BCUT2D eigenvalue weighted by Crippen LogP contribution is 2.38. The van der Waals surface area contributed by atoms with E-state index in [2.05, 4.69) is 56.9 Å². The summed E-state index contributed by atoms with van der Waals surface area (Å²) in [5, 5.41) is 20.2. The maximum Gasteiger partial charge on any atom is 0.226 e. The van der Waals surface area contributed by atoms with Gasteiger partial charge in [-0.1, -0.05) is 42.0 Å². The Morgan fingerprint density at radius 3 is 2.60 bits per heavy atom. The van der Waals surface area contributed by atoms with Gasteiger partial charge in [0.1, 0.15) is 18.2 Å². The third-order valence-corrected chi connectivity index (χ3v) is 6.25. The molecule has 0 spiro atoms. The van der Waals surface area contributed by atoms with Gasteiger partial charge in [0.15, 0.2) is 17.3 Å². The molecule has 1 aliphatic heterocycles. The van der Waals surface area contributed by atoms with Crippen LogP contribution in [0.3, 0.4) is 0 Å². The molecule has 0 radical (unpaired) electrons. The van der Waals surface area contributed by atoms with Crippen LogP contribution in [-0.4, -0.2) is 35.5 Å². The number of rotatable bonds is 5. The molecule has 3 aromatic heterocycles. The lowest BCUT2D eigenvalue weighted by atomic mass is 9.87. The van der Waals surface area contributed by atoms with E-state index in [9.17, 15) is 4.79 Å². The second-order valence-corrected chi connectivity index (χ2v) is 8.72. The monoisotopic (exact) mass is 465 g/mol. The number of nitrogens with one attached hydrogen (secondary N) is 1. The summed E-state index contributed by atoms with van der Waals surface area (Å²) < 4.78 is 9.25. The average molecular weight is 466 g/mol. The Morgan fingerprint density at radius 1 is 1.00 bits per heavy atom. The van der Waals surface area contributed by atoms with Crippen LogP contribution in [-0.2, 0) is 11.4 Å². The van der Waals surface area contributed by atoms with Gasteiger partial charge in [0.2, 0.25) is 5.91 Å². The van der Waals surface area contributed by atoms with Crippen LogP contribution >= 0.6 is 0 Å². The van der Waals surface area contributed by atoms with Gasteiger partial charge in [-0.05, 0) is 49.2 Å². The molecule has 1 aliphatic rings. The van der Waals surface area contributed by atoms with Crippen LogP contribution in [0.15, 0.2) is 66.9 Å². The molecule has 0 saturated heterocycles. The van der Waals surface area contributed by atoms with E-state index < -0.39 is 0 Å². The lowest BCUT2D eigenvalue weighted by Crippen LogP contribution is -2.24. The van der Waals surface area contributed by atoms with Crippen molar-refractivity contribution < 1.29 is 9.53 Å². The van der Waals surface area contributed by atoms with E-state index >= 15 is 0 Å². The summed E-state index contributed by atoms with van der Waals surface area (Å²) in [6, 6.07) is 19.9. The second kappa shape index (κ2) is 8.35. The van der Waals surface area contributed by atoms with Crippen LogP contribution in [0, 0.1) is 13.8 Å². The molecule has 1 atom stereocenters. The van der Waals surface area contributed by atoms with Crippen molar-refractivity contribution in [1.82, 2.24) is 29.6 Å². The van der Waals surface area contributed by atoms with E-state index in [0.29, 0.717) is 36.1 Å². The first-order valence-electron chi connectivity index (χ1n) is 11.4. The molecule has 6 rings (SSSR count). The summed E-state index contributed by atoms with van der Waals surface area (Å²) in [6.45, 7) is 4.41. The topological polar surface area (TPSA) is 99.2 Å². The number of fused-ring (bicyclic) bond motifs is 2. The third-order valence-electron chi connectivity index (χ3n) is 6.25. The quantitative estimate of drug-likeness (QED) is 0.422. The third kappa shape index (κ3) is 3.90. The number of amides is 1. The van der Waals surface area contributed by atoms with E-state index in [1.165, 1.54) is 5.56 Å². The zero-order valence-corrected chi connectivity index (χ0v) is 19.3. The van der Waals surface area contributed by atoms with Crippen LogP contribution < -0.4 is 10.1 Å². The van der Waals surface area contributed by atoms with Gasteiger partial charge in [0, 0.05) is 17.9 Å². The van der Waals surface area contributed by atoms with E-state index in [1.807, 2.05) is 43.3 Å². The lowest BCUT2D eigenvalue weighted by molar-refractivity contribution is -0.116. The SMILES string of the molecule is Cc1ccc(COc2ccc(C3CC(=O)Nc4c3cnn4-c3ccc4nnc(C)n4n3)cc2)cc1. The molecule has 2 aromatic carbocycles. The first-order valence-corrected chi connectivity index (χ1v) is 11.4. The highest BCUT2D eigenvalue weighted by molar-refractivity contribution is 5.94. The highest BCUT2D eigenvalue weighted by Gasteiger charge is 2.30. The van der Waals surface area contributed by atoms with E-state index in [4.69, 9.17) is 4.74 Å². The van der Waals surface area contributed by atoms with E-state index in [1.54, 1.807) is 15.4 Å². The molecule has 4 heterocycles. The molecule has 35 heavy (non-hydrogen) atoms. The number of anilines is 1. The smallest absolute Gasteiger partial charge is 0.226 e. The highest BCUT2D eigenvalue weighted by atomic mass is 16.5. The van der Waals surface area contributed by atoms with Gasteiger partial charge in [0.25, 0.3) is 0 Å². The zero-order valence-electron chi connectivity index (χ0n) is 19.3. The zero-order chi connectivity index (χ0) is 23.9. The fourth-order valence-corrected chi connectivity index (χ4v) is 4.34. The minimum absolute atomic E-state index is 0.0643. The minimum Gasteiger partial charge on any atom is -0.489 e. The number of carbonyl (C=O) groups excluding carboxylic acids is 1. The van der Waals surface area contributed by atoms with E-state index in [-0.39, 0.29) is 11.8 Å². The van der Waals surface area contributed by atoms with Crippen LogP contribution in [0.5, 0.6) is 5.75 Å². The summed E-state index contributed by atoms with van der Waals surface area (Å²) in [5.74, 6) is 2.48. The number of carbonyl (C=O) groups is 1. The summed E-state index contributed by atoms with van der Waals surface area (Å²) in [4.78, 5) is 12.6. The van der Waals surface area contributed by atoms with Gasteiger partial charge in [-0.2, -0.15) is 14.3 Å². The van der Waals surface area contributed by atoms with Crippen molar-refractivity contribution >= 4 is 17.4 Å². The summed E-state index contributed by atoms with van der Waals surface area (Å²) in [7, 11) is 0. The second-order valence-electron chi connectivity index (χ2n) is 8.72. The maximum absolute atomic E-state index is 12.6. The molecule has 9 heteroatoms. The van der Waals surface area contributed by atoms with Crippen LogP contribution in [0.25, 0.3) is 11.5 Å². The first kappa shape index (κ1) is 21.0. The fourth-order valence-electron chi connectivity index (χ4n) is 4.34. The number of nitrogens with zero attached hydrogens (tertiary/aromatic N) is 6. The number of hydrogen-bond acceptors (Lipinski definition) is 6. The molecule has 9 nitrogen and oxygen atoms in total. The predicted molar refractivity (Wildman–Crippen MR) is 130 cm³/mol. The molecule has 0 aliphatic carbocycles. The Bertz CT molecular complexity index is 1530. The Balaban J connectivity index is 1.26. The van der Waals surface area contributed by atoms with Crippen molar-refractivity contribution in [1.29, 1.82) is 0 Å². The largest absolute Gasteiger partial charge is 0.489 e. The van der Waals surface area contributed by atoms with Crippen LogP contribution in [0.1, 0.15) is 40.4 Å². The molecular weight excluding hydrogens is 442 g/mol. The number of benzene rings is 2. The van der Waals surface area contributed by atoms with Gasteiger partial charge in [-0.3, -0.25) is 4.79 Å². The van der Waals surface area contributed by atoms with Gasteiger partial charge in [-0.25, -0.2) is 0 Å². The van der Waals surface area contributed by atoms with Crippen molar-refractivity contribution in [3.8, 4) is 11.6 Å². The summed E-state index contributed by atoms with van der Waals surface area (Å²) in [6.07, 6.45) is 2.14. The van der Waals surface area contributed by atoms with Crippen molar-refractivity contribution in [2.24, 2.45) is 0 Å².